The van der Waals surface area contributed by atoms with Gasteiger partial charge in [-0.2, -0.15) is 20.3 Å². The van der Waals surface area contributed by atoms with Crippen molar-refractivity contribution in [1.29, 1.82) is 0 Å². The van der Waals surface area contributed by atoms with Crippen LogP contribution in [0.2, 0.25) is 0 Å². The Hall–Kier alpha value is -5.85. The van der Waals surface area contributed by atoms with Gasteiger partial charge in [-0.05, 0) is 80.6 Å². The summed E-state index contributed by atoms with van der Waals surface area (Å²) in [5.41, 5.74) is -0.756. The van der Waals surface area contributed by atoms with Crippen molar-refractivity contribution in [1.82, 2.24) is 15.0 Å². The summed E-state index contributed by atoms with van der Waals surface area (Å²) < 4.78 is 46.2. The molecule has 1 amide bonds. The van der Waals surface area contributed by atoms with E-state index in [4.69, 9.17) is 10.3 Å². The number of primary sulfonamides is 2. The first kappa shape index (κ1) is 48.5. The number of rotatable bonds is 9. The largest absolute Gasteiger partial charge is 3.00 e. The fourth-order valence-electron chi connectivity index (χ4n) is 4.73. The summed E-state index contributed by atoms with van der Waals surface area (Å²) >= 11 is 0. The summed E-state index contributed by atoms with van der Waals surface area (Å²) in [5, 5.41) is 90.0. The molecule has 1 aliphatic heterocycles. The number of azo groups is 1. The predicted octanol–water partition coefficient (Wildman–Crippen LogP) is -1.53. The van der Waals surface area contributed by atoms with E-state index in [-0.39, 0.29) is 113 Å². The number of non-ortho nitro benzene ring substituents is 1. The van der Waals surface area contributed by atoms with Gasteiger partial charge in [0.2, 0.25) is 25.8 Å². The first-order valence-electron chi connectivity index (χ1n) is 15.7. The number of carbonyl (C=O) groups excluding carboxylic acids is 2. The van der Waals surface area contributed by atoms with Crippen LogP contribution >= 0.6 is 0 Å². The number of nitro groups is 1. The number of benzene rings is 3. The molecule has 6 rings (SSSR count). The maximum atomic E-state index is 12.6. The molecule has 2 heterocycles. The van der Waals surface area contributed by atoms with Gasteiger partial charge < -0.3 is 25.9 Å². The smallest absolute Gasteiger partial charge is 0.871 e. The summed E-state index contributed by atoms with van der Waals surface area (Å²) in [4.78, 5) is 34.2. The third-order valence-electron chi connectivity index (χ3n) is 7.62. The number of nitrogens with zero attached hydrogens (tertiary/aromatic N) is 10. The molecule has 1 aromatic heterocycles. The number of nitrogens with two attached hydrogens (primary N) is 2. The maximum Gasteiger partial charge on any atom is 3.00 e. The third kappa shape index (κ3) is 11.2. The second-order valence-electron chi connectivity index (χ2n) is 11.6. The van der Waals surface area contributed by atoms with E-state index in [1.807, 2.05) is 0 Å². The molecular formula is C32H24CoN12NaO12S2. The molecule has 60 heavy (non-hydrogen) atoms. The fourth-order valence-corrected chi connectivity index (χ4v) is 5.76. The average molecular weight is 915 g/mol. The van der Waals surface area contributed by atoms with Gasteiger partial charge in [-0.1, -0.05) is 11.8 Å². The van der Waals surface area contributed by atoms with Crippen LogP contribution < -0.4 is 55.1 Å². The molecule has 24 nitrogen and oxygen atoms in total. The predicted molar refractivity (Wildman–Crippen MR) is 200 cm³/mol. The summed E-state index contributed by atoms with van der Waals surface area (Å²) in [6.07, 6.45) is 2.96. The van der Waals surface area contributed by atoms with E-state index >= 15 is 0 Å². The number of allylic oxidation sites excluding steroid dienone is 3. The van der Waals surface area contributed by atoms with E-state index in [9.17, 15) is 57.2 Å². The van der Waals surface area contributed by atoms with E-state index in [0.29, 0.717) is 0 Å². The van der Waals surface area contributed by atoms with E-state index in [1.165, 1.54) is 62.4 Å². The van der Waals surface area contributed by atoms with Crippen molar-refractivity contribution in [3.63, 3.8) is 0 Å². The van der Waals surface area contributed by atoms with Crippen molar-refractivity contribution < 1.29 is 87.9 Å². The molecule has 0 unspecified atom stereocenters. The molecule has 1 aliphatic carbocycles. The number of sulfonamides is 2. The van der Waals surface area contributed by atoms with Gasteiger partial charge in [0.05, 0.1) is 43.2 Å². The zero-order valence-electron chi connectivity index (χ0n) is 30.8. The molecule has 0 fully saturated rings. The monoisotopic (exact) mass is 914 g/mol. The normalized spacial score (nSPS) is 15.3. The topological polar surface area (TPSA) is 376 Å². The van der Waals surface area contributed by atoms with Gasteiger partial charge in [0.25, 0.3) is 5.69 Å². The van der Waals surface area contributed by atoms with Gasteiger partial charge >= 0.3 is 52.2 Å². The van der Waals surface area contributed by atoms with Gasteiger partial charge in [0.1, 0.15) is 11.4 Å². The standard InChI is InChI=1S/C16H14N6O6S.C16H12N6O6S.Co.Na/c2*1-9-15(19-18-13-8-11(22(25)26)4-7-14(13)23)16(24)21(20-9)10-2-5-12(6-3-10)29(17,27)28;;/h2-8,23-24H,1H3,(H2,17,27,28);2-8H,1H3,(H2,17,27,28);;/q;-2;+3;+1/p-2. The zero-order valence-corrected chi connectivity index (χ0v) is 35.4. The van der Waals surface area contributed by atoms with Crippen molar-refractivity contribution in [2.45, 2.75) is 23.6 Å². The molecule has 4 N–H and O–H groups in total. The van der Waals surface area contributed by atoms with Crippen LogP contribution in [0.3, 0.4) is 0 Å². The minimum Gasteiger partial charge on any atom is -0.871 e. The average Bonchev–Trinajstić information content (AvgIpc) is 3.61. The number of amides is 1. The Morgan fingerprint density at radius 2 is 1.38 bits per heavy atom. The Labute approximate surface area is 370 Å². The van der Waals surface area contributed by atoms with Crippen LogP contribution in [0.15, 0.2) is 126 Å². The van der Waals surface area contributed by atoms with E-state index in [2.05, 4.69) is 30.6 Å². The summed E-state index contributed by atoms with van der Waals surface area (Å²) in [5.74, 6) is -2.55. The minimum absolute atomic E-state index is 0. The quantitative estimate of drug-likeness (QED) is 0.0633. The molecular weight excluding hydrogens is 890 g/mol. The van der Waals surface area contributed by atoms with Crippen LogP contribution in [0.1, 0.15) is 12.6 Å². The molecule has 0 saturated heterocycles. The molecule has 0 saturated carbocycles. The molecule has 306 valence electrons. The summed E-state index contributed by atoms with van der Waals surface area (Å²) in [7, 11) is -7.77. The molecule has 0 atom stereocenters. The SMILES string of the molecule is CC1=NN(c2ccc(S(N)(=O)=O)cc2)C(=O)C1=NN=C1C=C(N([O-])[O-])C=CC1=O.Cc1nn(-c2ccc(S(N)(=O)=O)cc2)c([O-])c1N=Nc1cc([N+](=O)[O-])ccc1[O-].[Co+3].[Na+]. The first-order chi connectivity index (χ1) is 27.1. The molecule has 4 aromatic rings. The van der Waals surface area contributed by atoms with Crippen LogP contribution in [0.4, 0.5) is 22.7 Å². The first-order valence-corrected chi connectivity index (χ1v) is 18.8. The number of hydrogen-bond acceptors (Lipinski definition) is 19. The number of carbonyl (C=O) groups is 2. The van der Waals surface area contributed by atoms with Crippen molar-refractivity contribution in [3.05, 3.63) is 117 Å². The van der Waals surface area contributed by atoms with Crippen LogP contribution in [-0.2, 0) is 46.4 Å². The van der Waals surface area contributed by atoms with E-state index < -0.39 is 53.5 Å². The molecule has 0 spiro atoms. The molecule has 2 aliphatic rings. The number of ketones is 1. The van der Waals surface area contributed by atoms with Crippen LogP contribution in [0, 0.1) is 27.5 Å². The number of aromatic nitrogens is 2. The fraction of sp³-hybridized carbons (Fsp3) is 0.0625. The second kappa shape index (κ2) is 19.5. The minimum atomic E-state index is -3.89. The van der Waals surface area contributed by atoms with Gasteiger partial charge in [0.15, 0.2) is 5.71 Å². The summed E-state index contributed by atoms with van der Waals surface area (Å²) in [6.45, 7) is 2.97. The van der Waals surface area contributed by atoms with Crippen molar-refractivity contribution in [3.8, 4) is 17.3 Å². The second-order valence-corrected chi connectivity index (χ2v) is 14.7. The van der Waals surface area contributed by atoms with Gasteiger partial charge in [-0.15, -0.1) is 15.3 Å². The Morgan fingerprint density at radius 3 is 1.92 bits per heavy atom. The molecule has 28 heteroatoms. The molecule has 0 radical (unpaired) electrons. The Kier molecular flexibility index (Phi) is 15.7. The van der Waals surface area contributed by atoms with E-state index in [0.717, 1.165) is 46.1 Å². The number of anilines is 1. The zero-order chi connectivity index (χ0) is 42.7. The Bertz CT molecular complexity index is 2770. The molecule has 0 bridgehead atoms. The van der Waals surface area contributed by atoms with Crippen LogP contribution in [-0.4, -0.2) is 65.6 Å². The van der Waals surface area contributed by atoms with E-state index in [1.54, 1.807) is 0 Å². The van der Waals surface area contributed by atoms with Crippen LogP contribution in [0.25, 0.3) is 5.69 Å². The van der Waals surface area contributed by atoms with Gasteiger partial charge in [-0.3, -0.25) is 19.7 Å². The van der Waals surface area contributed by atoms with Crippen LogP contribution in [0.5, 0.6) is 11.6 Å². The number of nitro benzene ring substituents is 1. The molecule has 3 aromatic carbocycles. The third-order valence-corrected chi connectivity index (χ3v) is 9.48. The Morgan fingerprint density at radius 1 is 0.817 bits per heavy atom. The van der Waals surface area contributed by atoms with Crippen molar-refractivity contribution >= 4 is 71.6 Å². The summed E-state index contributed by atoms with van der Waals surface area (Å²) in [6, 6.07) is 13.2. The Balaban J connectivity index is 0.000000310. The number of hydrazone groups is 1. The number of hydroxylamine groups is 2. The maximum absolute atomic E-state index is 12.6. The van der Waals surface area contributed by atoms with Crippen molar-refractivity contribution in [2.24, 2.45) is 35.8 Å². The van der Waals surface area contributed by atoms with Crippen molar-refractivity contribution in [2.75, 3.05) is 5.01 Å². The van der Waals surface area contributed by atoms with Gasteiger partial charge in [-0.25, -0.2) is 31.8 Å². The number of aryl methyl sites for hydroxylation is 1. The number of hydrogen-bond donors (Lipinski definition) is 2. The van der Waals surface area contributed by atoms with Gasteiger partial charge in [0, 0.05) is 23.7 Å².